The van der Waals surface area contributed by atoms with Crippen LogP contribution >= 0.6 is 11.6 Å². The minimum atomic E-state index is -0.905. The number of methoxy groups -OCH3 is 1. The van der Waals surface area contributed by atoms with Crippen molar-refractivity contribution in [3.05, 3.63) is 34.9 Å². The number of rotatable bonds is 3. The van der Waals surface area contributed by atoms with Gasteiger partial charge in [0, 0.05) is 5.02 Å². The normalized spacial score (nSPS) is 12.2. The highest BCUT2D eigenvalue weighted by molar-refractivity contribution is 6.30. The number of benzene rings is 1. The number of esters is 1. The first-order valence-corrected chi connectivity index (χ1v) is 4.25. The van der Waals surface area contributed by atoms with Crippen molar-refractivity contribution in [1.29, 1.82) is 0 Å². The molecule has 2 N–H and O–H groups in total. The molecule has 5 heteroatoms. The Kier molecular flexibility index (Phi) is 3.88. The zero-order chi connectivity index (χ0) is 10.6. The summed E-state index contributed by atoms with van der Waals surface area (Å²) in [6.07, 6.45) is -0.905. The molecule has 0 amide bonds. The summed E-state index contributed by atoms with van der Waals surface area (Å²) in [4.78, 5) is 15.7. The lowest BCUT2D eigenvalue weighted by Gasteiger charge is -2.11. The highest BCUT2D eigenvalue weighted by Crippen LogP contribution is 2.19. The molecule has 1 atom stereocenters. The second-order valence-corrected chi connectivity index (χ2v) is 3.03. The minimum Gasteiger partial charge on any atom is -0.467 e. The summed E-state index contributed by atoms with van der Waals surface area (Å²) in [7, 11) is 1.27. The standard InChI is InChI=1S/C9H10ClNO3/c1-13-9(12)8(14-11)6-2-4-7(10)5-3-6/h2-5,8H,11H2,1H3. The van der Waals surface area contributed by atoms with Gasteiger partial charge in [-0.15, -0.1) is 0 Å². The highest BCUT2D eigenvalue weighted by atomic mass is 35.5. The molecule has 0 spiro atoms. The average molecular weight is 216 g/mol. The van der Waals surface area contributed by atoms with E-state index in [2.05, 4.69) is 9.57 Å². The lowest BCUT2D eigenvalue weighted by atomic mass is 10.1. The van der Waals surface area contributed by atoms with Gasteiger partial charge in [0.25, 0.3) is 0 Å². The monoisotopic (exact) mass is 215 g/mol. The maximum Gasteiger partial charge on any atom is 0.341 e. The molecule has 1 aromatic carbocycles. The molecule has 0 fully saturated rings. The molecule has 14 heavy (non-hydrogen) atoms. The summed E-state index contributed by atoms with van der Waals surface area (Å²) >= 11 is 5.68. The second kappa shape index (κ2) is 4.95. The topological polar surface area (TPSA) is 61.5 Å². The Morgan fingerprint density at radius 1 is 1.43 bits per heavy atom. The average Bonchev–Trinajstić information content (AvgIpc) is 2.21. The van der Waals surface area contributed by atoms with Crippen LogP contribution in [-0.2, 0) is 14.4 Å². The predicted molar refractivity (Wildman–Crippen MR) is 51.5 cm³/mol. The minimum absolute atomic E-state index is 0.546. The molecule has 1 aromatic rings. The molecule has 76 valence electrons. The number of hydrogen-bond acceptors (Lipinski definition) is 4. The van der Waals surface area contributed by atoms with Gasteiger partial charge < -0.3 is 4.74 Å². The van der Waals surface area contributed by atoms with Gasteiger partial charge in [0.1, 0.15) is 0 Å². The molecule has 0 bridgehead atoms. The molecule has 0 heterocycles. The smallest absolute Gasteiger partial charge is 0.341 e. The third-order valence-corrected chi connectivity index (χ3v) is 1.98. The van der Waals surface area contributed by atoms with E-state index in [1.807, 2.05) is 0 Å². The molecule has 0 radical (unpaired) electrons. The summed E-state index contributed by atoms with van der Waals surface area (Å²) in [6.45, 7) is 0. The Morgan fingerprint density at radius 2 is 2.00 bits per heavy atom. The molecule has 0 aromatic heterocycles. The summed E-state index contributed by atoms with van der Waals surface area (Å²) in [6, 6.07) is 6.59. The van der Waals surface area contributed by atoms with E-state index in [1.54, 1.807) is 24.3 Å². The zero-order valence-corrected chi connectivity index (χ0v) is 8.32. The van der Waals surface area contributed by atoms with E-state index < -0.39 is 12.1 Å². The molecule has 0 saturated heterocycles. The van der Waals surface area contributed by atoms with Crippen LogP contribution in [0.5, 0.6) is 0 Å². The lowest BCUT2D eigenvalue weighted by molar-refractivity contribution is -0.155. The molecule has 0 aliphatic heterocycles. The van der Waals surface area contributed by atoms with E-state index in [1.165, 1.54) is 7.11 Å². The van der Waals surface area contributed by atoms with Gasteiger partial charge in [0.15, 0.2) is 0 Å². The van der Waals surface area contributed by atoms with Gasteiger partial charge in [0.05, 0.1) is 7.11 Å². The van der Waals surface area contributed by atoms with E-state index in [4.69, 9.17) is 17.5 Å². The molecule has 1 unspecified atom stereocenters. The molecular formula is C9H10ClNO3. The van der Waals surface area contributed by atoms with Crippen LogP contribution in [0.2, 0.25) is 5.02 Å². The molecule has 4 nitrogen and oxygen atoms in total. The predicted octanol–water partition coefficient (Wildman–Crippen LogP) is 1.44. The molecular weight excluding hydrogens is 206 g/mol. The van der Waals surface area contributed by atoms with Gasteiger partial charge in [-0.3, -0.25) is 4.84 Å². The fourth-order valence-corrected chi connectivity index (χ4v) is 1.14. The van der Waals surface area contributed by atoms with Crippen LogP contribution in [0.4, 0.5) is 0 Å². The molecule has 0 aliphatic carbocycles. The van der Waals surface area contributed by atoms with Gasteiger partial charge in [0.2, 0.25) is 6.10 Å². The van der Waals surface area contributed by atoms with Crippen molar-refractivity contribution in [1.82, 2.24) is 0 Å². The van der Waals surface area contributed by atoms with Gasteiger partial charge in [-0.2, -0.15) is 0 Å². The molecule has 0 saturated carbocycles. The Balaban J connectivity index is 2.89. The van der Waals surface area contributed by atoms with Crippen molar-refractivity contribution in [2.24, 2.45) is 5.90 Å². The van der Waals surface area contributed by atoms with Crippen molar-refractivity contribution in [3.63, 3.8) is 0 Å². The van der Waals surface area contributed by atoms with Crippen LogP contribution in [0.1, 0.15) is 11.7 Å². The number of ether oxygens (including phenoxy) is 1. The van der Waals surface area contributed by atoms with Crippen LogP contribution in [0.25, 0.3) is 0 Å². The number of nitrogens with two attached hydrogens (primary N) is 1. The van der Waals surface area contributed by atoms with E-state index in [9.17, 15) is 4.79 Å². The third kappa shape index (κ3) is 2.45. The Labute approximate surface area is 86.5 Å². The molecule has 1 rings (SSSR count). The SMILES string of the molecule is COC(=O)C(ON)c1ccc(Cl)cc1. The Hall–Kier alpha value is -1.10. The van der Waals surface area contributed by atoms with E-state index in [0.717, 1.165) is 0 Å². The number of carbonyl (C=O) groups is 1. The van der Waals surface area contributed by atoms with Crippen molar-refractivity contribution < 1.29 is 14.4 Å². The quantitative estimate of drug-likeness (QED) is 0.612. The van der Waals surface area contributed by atoms with Crippen LogP contribution in [-0.4, -0.2) is 13.1 Å². The fraction of sp³-hybridized carbons (Fsp3) is 0.222. The maximum atomic E-state index is 11.2. The fourth-order valence-electron chi connectivity index (χ4n) is 1.01. The van der Waals surface area contributed by atoms with Gasteiger partial charge in [-0.05, 0) is 17.7 Å². The summed E-state index contributed by atoms with van der Waals surface area (Å²) < 4.78 is 4.51. The number of halogens is 1. The van der Waals surface area contributed by atoms with Crippen molar-refractivity contribution in [3.8, 4) is 0 Å². The van der Waals surface area contributed by atoms with E-state index in [0.29, 0.717) is 10.6 Å². The van der Waals surface area contributed by atoms with E-state index >= 15 is 0 Å². The first kappa shape index (κ1) is 11.0. The number of carbonyl (C=O) groups excluding carboxylic acids is 1. The second-order valence-electron chi connectivity index (χ2n) is 2.59. The summed E-state index contributed by atoms with van der Waals surface area (Å²) in [5, 5.41) is 0.578. The molecule has 0 aliphatic rings. The summed E-state index contributed by atoms with van der Waals surface area (Å²) in [5.41, 5.74) is 0.601. The Bertz CT molecular complexity index is 312. The van der Waals surface area contributed by atoms with Crippen LogP contribution < -0.4 is 5.90 Å². The van der Waals surface area contributed by atoms with Crippen molar-refractivity contribution in [2.75, 3.05) is 7.11 Å². The first-order chi connectivity index (χ1) is 6.69. The first-order valence-electron chi connectivity index (χ1n) is 3.88. The highest BCUT2D eigenvalue weighted by Gasteiger charge is 2.21. The van der Waals surface area contributed by atoms with Crippen LogP contribution in [0.15, 0.2) is 24.3 Å². The largest absolute Gasteiger partial charge is 0.467 e. The lowest BCUT2D eigenvalue weighted by Crippen LogP contribution is -2.20. The van der Waals surface area contributed by atoms with E-state index in [-0.39, 0.29) is 0 Å². The van der Waals surface area contributed by atoms with Crippen molar-refractivity contribution in [2.45, 2.75) is 6.10 Å². The Morgan fingerprint density at radius 3 is 2.43 bits per heavy atom. The van der Waals surface area contributed by atoms with Crippen LogP contribution in [0.3, 0.4) is 0 Å². The zero-order valence-electron chi connectivity index (χ0n) is 7.57. The van der Waals surface area contributed by atoms with Gasteiger partial charge in [-0.25, -0.2) is 10.7 Å². The van der Waals surface area contributed by atoms with Gasteiger partial charge in [-0.1, -0.05) is 23.7 Å². The van der Waals surface area contributed by atoms with Gasteiger partial charge >= 0.3 is 5.97 Å². The van der Waals surface area contributed by atoms with Crippen LogP contribution in [0, 0.1) is 0 Å². The van der Waals surface area contributed by atoms with Crippen molar-refractivity contribution >= 4 is 17.6 Å². The summed E-state index contributed by atoms with van der Waals surface area (Å²) in [5.74, 6) is 4.44. The number of hydrogen-bond donors (Lipinski definition) is 1. The third-order valence-electron chi connectivity index (χ3n) is 1.72. The maximum absolute atomic E-state index is 11.2.